The first kappa shape index (κ1) is 15.3. The average molecular weight is 320 g/mol. The lowest BCUT2D eigenvalue weighted by Gasteiger charge is -2.14. The van der Waals surface area contributed by atoms with Gasteiger partial charge in [-0.05, 0) is 25.0 Å². The first-order valence-corrected chi connectivity index (χ1v) is 7.22. The summed E-state index contributed by atoms with van der Waals surface area (Å²) in [5.74, 6) is -4.26. The van der Waals surface area contributed by atoms with Gasteiger partial charge in [0.1, 0.15) is 6.54 Å². The Morgan fingerprint density at radius 1 is 1.09 bits per heavy atom. The van der Waals surface area contributed by atoms with E-state index < -0.39 is 35.9 Å². The smallest absolute Gasteiger partial charge is 0.244 e. The highest BCUT2D eigenvalue weighted by atomic mass is 19.2. The van der Waals surface area contributed by atoms with Gasteiger partial charge in [-0.3, -0.25) is 19.3 Å². The maximum absolute atomic E-state index is 13.1. The highest BCUT2D eigenvalue weighted by Gasteiger charge is 2.47. The standard InChI is InChI=1S/C16H14F2N2O3/c17-12-6-5-9(7-13(12)18)19-14(21)8-20-15(22)10-3-1-2-4-11(10)16(20)23/h1-2,5-7,10-11H,3-4,8H2,(H,19,21)/t10-,11+. The molecule has 120 valence electrons. The summed E-state index contributed by atoms with van der Waals surface area (Å²) in [5.41, 5.74) is 0.0621. The minimum absolute atomic E-state index is 0.0621. The van der Waals surface area contributed by atoms with E-state index in [1.807, 2.05) is 12.2 Å². The fourth-order valence-electron chi connectivity index (χ4n) is 2.94. The Hall–Kier alpha value is -2.57. The zero-order chi connectivity index (χ0) is 16.6. The summed E-state index contributed by atoms with van der Waals surface area (Å²) >= 11 is 0. The van der Waals surface area contributed by atoms with Crippen LogP contribution in [0.1, 0.15) is 12.8 Å². The molecule has 1 fully saturated rings. The molecule has 2 aliphatic rings. The minimum Gasteiger partial charge on any atom is -0.324 e. The van der Waals surface area contributed by atoms with Crippen molar-refractivity contribution in [2.45, 2.75) is 12.8 Å². The van der Waals surface area contributed by atoms with E-state index in [4.69, 9.17) is 0 Å². The number of carbonyl (C=O) groups excluding carboxylic acids is 3. The number of rotatable bonds is 3. The van der Waals surface area contributed by atoms with Gasteiger partial charge in [-0.2, -0.15) is 0 Å². The highest BCUT2D eigenvalue weighted by molar-refractivity contribution is 6.08. The summed E-state index contributed by atoms with van der Waals surface area (Å²) in [7, 11) is 0. The fourth-order valence-corrected chi connectivity index (χ4v) is 2.94. The molecule has 7 heteroatoms. The molecule has 0 radical (unpaired) electrons. The molecule has 5 nitrogen and oxygen atoms in total. The van der Waals surface area contributed by atoms with Gasteiger partial charge in [-0.25, -0.2) is 8.78 Å². The van der Waals surface area contributed by atoms with Crippen molar-refractivity contribution in [2.75, 3.05) is 11.9 Å². The molecule has 2 atom stereocenters. The molecule has 0 bridgehead atoms. The molecule has 1 aromatic carbocycles. The van der Waals surface area contributed by atoms with Gasteiger partial charge >= 0.3 is 0 Å². The van der Waals surface area contributed by atoms with Crippen molar-refractivity contribution >= 4 is 23.4 Å². The summed E-state index contributed by atoms with van der Waals surface area (Å²) in [5, 5.41) is 2.35. The van der Waals surface area contributed by atoms with Gasteiger partial charge in [-0.15, -0.1) is 0 Å². The number of hydrogen-bond acceptors (Lipinski definition) is 3. The molecule has 0 unspecified atom stereocenters. The van der Waals surface area contributed by atoms with Crippen LogP contribution >= 0.6 is 0 Å². The number of allylic oxidation sites excluding steroid dienone is 2. The van der Waals surface area contributed by atoms with E-state index in [9.17, 15) is 23.2 Å². The second-order valence-electron chi connectivity index (χ2n) is 5.60. The highest BCUT2D eigenvalue weighted by Crippen LogP contribution is 2.34. The number of nitrogens with one attached hydrogen (secondary N) is 1. The van der Waals surface area contributed by atoms with Gasteiger partial charge in [0, 0.05) is 11.8 Å². The Bertz CT molecular complexity index is 691. The predicted octanol–water partition coefficient (Wildman–Crippen LogP) is 1.85. The number of halogens is 2. The summed E-state index contributed by atoms with van der Waals surface area (Å²) in [6.07, 6.45) is 4.71. The van der Waals surface area contributed by atoms with Crippen LogP contribution in [0, 0.1) is 23.5 Å². The van der Waals surface area contributed by atoms with Crippen LogP contribution in [-0.4, -0.2) is 29.2 Å². The van der Waals surface area contributed by atoms with Crippen molar-refractivity contribution in [3.63, 3.8) is 0 Å². The third-order valence-electron chi connectivity index (χ3n) is 4.10. The molecule has 1 N–H and O–H groups in total. The lowest BCUT2D eigenvalue weighted by Crippen LogP contribution is -2.38. The molecule has 23 heavy (non-hydrogen) atoms. The molecule has 0 spiro atoms. The number of fused-ring (bicyclic) bond motifs is 1. The van der Waals surface area contributed by atoms with Gasteiger partial charge in [0.2, 0.25) is 17.7 Å². The molecular weight excluding hydrogens is 306 g/mol. The summed E-state index contributed by atoms with van der Waals surface area (Å²) < 4.78 is 26.0. The average Bonchev–Trinajstić information content (AvgIpc) is 2.76. The number of imide groups is 1. The van der Waals surface area contributed by atoms with Gasteiger partial charge in [0.15, 0.2) is 11.6 Å². The van der Waals surface area contributed by atoms with Crippen LogP contribution in [-0.2, 0) is 14.4 Å². The SMILES string of the molecule is O=C(CN1C(=O)[C@H]2CC=CC[C@H]2C1=O)Nc1ccc(F)c(F)c1. The number of benzene rings is 1. The largest absolute Gasteiger partial charge is 0.324 e. The second-order valence-corrected chi connectivity index (χ2v) is 5.60. The van der Waals surface area contributed by atoms with E-state index in [-0.39, 0.29) is 17.5 Å². The van der Waals surface area contributed by atoms with Gasteiger partial charge in [-0.1, -0.05) is 12.2 Å². The Morgan fingerprint density at radius 2 is 1.70 bits per heavy atom. The molecule has 1 aromatic rings. The third kappa shape index (κ3) is 2.86. The van der Waals surface area contributed by atoms with Crippen molar-refractivity contribution < 1.29 is 23.2 Å². The zero-order valence-corrected chi connectivity index (χ0v) is 12.1. The molecule has 1 heterocycles. The van der Waals surface area contributed by atoms with Crippen LogP contribution in [0.3, 0.4) is 0 Å². The first-order valence-electron chi connectivity index (χ1n) is 7.22. The number of amides is 3. The monoisotopic (exact) mass is 320 g/mol. The van der Waals surface area contributed by atoms with Gasteiger partial charge in [0.25, 0.3) is 0 Å². The molecule has 3 amide bonds. The van der Waals surface area contributed by atoms with E-state index in [2.05, 4.69) is 5.32 Å². The molecule has 0 aromatic heterocycles. The topological polar surface area (TPSA) is 66.5 Å². The van der Waals surface area contributed by atoms with Gasteiger partial charge in [0.05, 0.1) is 11.8 Å². The molecule has 3 rings (SSSR count). The fraction of sp³-hybridized carbons (Fsp3) is 0.312. The van der Waals surface area contributed by atoms with Crippen LogP contribution < -0.4 is 5.32 Å². The van der Waals surface area contributed by atoms with E-state index in [1.54, 1.807) is 0 Å². The molecule has 1 saturated heterocycles. The number of carbonyl (C=O) groups is 3. The second kappa shape index (κ2) is 5.91. The Balaban J connectivity index is 1.67. The van der Waals surface area contributed by atoms with Crippen molar-refractivity contribution in [1.82, 2.24) is 4.90 Å². The Kier molecular flexibility index (Phi) is 3.94. The summed E-state index contributed by atoms with van der Waals surface area (Å²) in [4.78, 5) is 37.4. The number of anilines is 1. The number of hydrogen-bond donors (Lipinski definition) is 1. The first-order chi connectivity index (χ1) is 11.0. The molecular formula is C16H14F2N2O3. The summed E-state index contributed by atoms with van der Waals surface area (Å²) in [6, 6.07) is 2.93. The van der Waals surface area contributed by atoms with E-state index in [0.29, 0.717) is 12.8 Å². The molecule has 1 aliphatic carbocycles. The van der Waals surface area contributed by atoms with Crippen molar-refractivity contribution in [3.8, 4) is 0 Å². The molecule has 0 saturated carbocycles. The predicted molar refractivity (Wildman–Crippen MR) is 77.1 cm³/mol. The van der Waals surface area contributed by atoms with E-state index in [0.717, 1.165) is 17.0 Å². The van der Waals surface area contributed by atoms with Crippen LogP contribution in [0.5, 0.6) is 0 Å². The van der Waals surface area contributed by atoms with Crippen LogP contribution in [0.25, 0.3) is 0 Å². The van der Waals surface area contributed by atoms with Crippen molar-refractivity contribution in [3.05, 3.63) is 42.0 Å². The third-order valence-corrected chi connectivity index (χ3v) is 4.10. The maximum Gasteiger partial charge on any atom is 0.244 e. The number of nitrogens with zero attached hydrogens (tertiary/aromatic N) is 1. The van der Waals surface area contributed by atoms with Crippen LogP contribution in [0.4, 0.5) is 14.5 Å². The van der Waals surface area contributed by atoms with Crippen LogP contribution in [0.2, 0.25) is 0 Å². The maximum atomic E-state index is 13.1. The lowest BCUT2D eigenvalue weighted by atomic mass is 9.85. The summed E-state index contributed by atoms with van der Waals surface area (Å²) in [6.45, 7) is -0.427. The quantitative estimate of drug-likeness (QED) is 0.683. The van der Waals surface area contributed by atoms with E-state index in [1.165, 1.54) is 6.07 Å². The minimum atomic E-state index is -1.09. The zero-order valence-electron chi connectivity index (χ0n) is 12.1. The Morgan fingerprint density at radius 3 is 2.26 bits per heavy atom. The van der Waals surface area contributed by atoms with Gasteiger partial charge < -0.3 is 5.32 Å². The van der Waals surface area contributed by atoms with Crippen molar-refractivity contribution in [2.24, 2.45) is 11.8 Å². The molecule has 1 aliphatic heterocycles. The number of likely N-dealkylation sites (tertiary alicyclic amines) is 1. The van der Waals surface area contributed by atoms with E-state index >= 15 is 0 Å². The lowest BCUT2D eigenvalue weighted by molar-refractivity contribution is -0.142. The Labute approximate surface area is 131 Å². The van der Waals surface area contributed by atoms with Crippen molar-refractivity contribution in [1.29, 1.82) is 0 Å². The van der Waals surface area contributed by atoms with Crippen LogP contribution in [0.15, 0.2) is 30.4 Å². The normalized spacial score (nSPS) is 23.1.